The zero-order valence-corrected chi connectivity index (χ0v) is 12.6. The van der Waals surface area contributed by atoms with Gasteiger partial charge in [-0.3, -0.25) is 0 Å². The number of benzene rings is 1. The summed E-state index contributed by atoms with van der Waals surface area (Å²) in [5.41, 5.74) is 1.42. The predicted octanol–water partition coefficient (Wildman–Crippen LogP) is 3.46. The van der Waals surface area contributed by atoms with E-state index in [2.05, 4.69) is 61.3 Å². The lowest BCUT2D eigenvalue weighted by atomic mass is 9.93. The normalized spacial score (nSPS) is 23.4. The molecule has 1 heterocycles. The minimum atomic E-state index is 0.471. The second-order valence-electron chi connectivity index (χ2n) is 5.91. The van der Waals surface area contributed by atoms with Crippen LogP contribution >= 0.6 is 0 Å². The zero-order valence-electron chi connectivity index (χ0n) is 12.6. The number of hydrogen-bond acceptors (Lipinski definition) is 2. The van der Waals surface area contributed by atoms with Gasteiger partial charge in [0.15, 0.2) is 0 Å². The monoisotopic (exact) mass is 260 g/mol. The number of nitrogens with zero attached hydrogens (tertiary/aromatic N) is 1. The molecule has 1 aliphatic rings. The van der Waals surface area contributed by atoms with E-state index in [9.17, 15) is 0 Å². The van der Waals surface area contributed by atoms with Crippen molar-refractivity contribution in [2.75, 3.05) is 19.6 Å². The molecule has 1 aromatic carbocycles. The summed E-state index contributed by atoms with van der Waals surface area (Å²) in [6.45, 7) is 10.4. The van der Waals surface area contributed by atoms with Crippen LogP contribution in [-0.2, 0) is 0 Å². The van der Waals surface area contributed by atoms with E-state index < -0.39 is 0 Å². The van der Waals surface area contributed by atoms with Crippen molar-refractivity contribution in [1.29, 1.82) is 0 Å². The van der Waals surface area contributed by atoms with Gasteiger partial charge in [-0.15, -0.1) is 0 Å². The van der Waals surface area contributed by atoms with E-state index >= 15 is 0 Å². The molecule has 1 fully saturated rings. The fraction of sp³-hybridized carbons (Fsp3) is 0.647. The van der Waals surface area contributed by atoms with Gasteiger partial charge in [-0.05, 0) is 44.3 Å². The zero-order chi connectivity index (χ0) is 13.7. The Bertz CT molecular complexity index is 363. The SMILES string of the molecule is CCNC(c1ccccc1)C(C)CN1CCCC1C. The van der Waals surface area contributed by atoms with Crippen LogP contribution in [0.5, 0.6) is 0 Å². The molecule has 2 heteroatoms. The topological polar surface area (TPSA) is 15.3 Å². The van der Waals surface area contributed by atoms with Crippen LogP contribution in [0.2, 0.25) is 0 Å². The first kappa shape index (κ1) is 14.5. The Balaban J connectivity index is 2.02. The molecule has 0 saturated carbocycles. The number of likely N-dealkylation sites (tertiary alicyclic amines) is 1. The van der Waals surface area contributed by atoms with Crippen LogP contribution < -0.4 is 5.32 Å². The van der Waals surface area contributed by atoms with Crippen molar-refractivity contribution in [3.05, 3.63) is 35.9 Å². The van der Waals surface area contributed by atoms with Crippen molar-refractivity contribution in [2.45, 2.75) is 45.7 Å². The molecule has 2 nitrogen and oxygen atoms in total. The van der Waals surface area contributed by atoms with Gasteiger partial charge < -0.3 is 10.2 Å². The van der Waals surface area contributed by atoms with Crippen LogP contribution in [-0.4, -0.2) is 30.6 Å². The summed E-state index contributed by atoms with van der Waals surface area (Å²) in [5.74, 6) is 0.642. The maximum absolute atomic E-state index is 3.66. The van der Waals surface area contributed by atoms with Gasteiger partial charge in [0.25, 0.3) is 0 Å². The maximum atomic E-state index is 3.66. The van der Waals surface area contributed by atoms with E-state index in [0.29, 0.717) is 12.0 Å². The van der Waals surface area contributed by atoms with Crippen molar-refractivity contribution in [1.82, 2.24) is 10.2 Å². The van der Waals surface area contributed by atoms with E-state index in [1.54, 1.807) is 0 Å². The van der Waals surface area contributed by atoms with Crippen LogP contribution in [0.25, 0.3) is 0 Å². The van der Waals surface area contributed by atoms with Gasteiger partial charge >= 0.3 is 0 Å². The average molecular weight is 260 g/mol. The summed E-state index contributed by atoms with van der Waals surface area (Å²) in [5, 5.41) is 3.66. The first-order chi connectivity index (χ1) is 9.22. The van der Waals surface area contributed by atoms with Crippen molar-refractivity contribution < 1.29 is 0 Å². The molecule has 0 amide bonds. The fourth-order valence-electron chi connectivity index (χ4n) is 3.27. The molecule has 1 N–H and O–H groups in total. The van der Waals surface area contributed by atoms with E-state index in [4.69, 9.17) is 0 Å². The first-order valence-electron chi connectivity index (χ1n) is 7.74. The summed E-state index contributed by atoms with van der Waals surface area (Å²) in [6, 6.07) is 12.1. The number of rotatable bonds is 6. The van der Waals surface area contributed by atoms with Gasteiger partial charge in [-0.2, -0.15) is 0 Å². The Morgan fingerprint density at radius 1 is 1.32 bits per heavy atom. The molecule has 0 radical (unpaired) electrons. The Morgan fingerprint density at radius 2 is 2.05 bits per heavy atom. The first-order valence-corrected chi connectivity index (χ1v) is 7.74. The molecule has 1 aliphatic heterocycles. The van der Waals surface area contributed by atoms with Gasteiger partial charge in [-0.25, -0.2) is 0 Å². The molecule has 106 valence electrons. The molecule has 3 unspecified atom stereocenters. The maximum Gasteiger partial charge on any atom is 0.0358 e. The minimum Gasteiger partial charge on any atom is -0.310 e. The Labute approximate surface area is 118 Å². The van der Waals surface area contributed by atoms with E-state index in [0.717, 1.165) is 12.6 Å². The highest BCUT2D eigenvalue weighted by atomic mass is 15.2. The highest BCUT2D eigenvalue weighted by Crippen LogP contribution is 2.25. The second kappa shape index (κ2) is 7.06. The van der Waals surface area contributed by atoms with Gasteiger partial charge in [0, 0.05) is 18.6 Å². The van der Waals surface area contributed by atoms with Gasteiger partial charge in [0.05, 0.1) is 0 Å². The summed E-state index contributed by atoms with van der Waals surface area (Å²) in [4.78, 5) is 2.65. The lowest BCUT2D eigenvalue weighted by Crippen LogP contribution is -2.37. The molecule has 1 aromatic rings. The smallest absolute Gasteiger partial charge is 0.0358 e. The highest BCUT2D eigenvalue weighted by molar-refractivity contribution is 5.19. The molecule has 1 saturated heterocycles. The summed E-state index contributed by atoms with van der Waals surface area (Å²) in [7, 11) is 0. The Hall–Kier alpha value is -0.860. The molecule has 0 aromatic heterocycles. The third kappa shape index (κ3) is 3.80. The second-order valence-corrected chi connectivity index (χ2v) is 5.91. The summed E-state index contributed by atoms with van der Waals surface area (Å²) in [6.07, 6.45) is 2.73. The Kier molecular flexibility index (Phi) is 5.41. The quantitative estimate of drug-likeness (QED) is 0.842. The molecule has 0 bridgehead atoms. The van der Waals surface area contributed by atoms with E-state index in [1.807, 2.05) is 0 Å². The molecular weight excluding hydrogens is 232 g/mol. The van der Waals surface area contributed by atoms with Crippen molar-refractivity contribution in [2.24, 2.45) is 5.92 Å². The van der Waals surface area contributed by atoms with Gasteiger partial charge in [-0.1, -0.05) is 44.2 Å². The third-order valence-electron chi connectivity index (χ3n) is 4.36. The summed E-state index contributed by atoms with van der Waals surface area (Å²) < 4.78 is 0. The minimum absolute atomic E-state index is 0.471. The van der Waals surface area contributed by atoms with E-state index in [-0.39, 0.29) is 0 Å². The fourth-order valence-corrected chi connectivity index (χ4v) is 3.27. The van der Waals surface area contributed by atoms with Crippen molar-refractivity contribution >= 4 is 0 Å². The van der Waals surface area contributed by atoms with Crippen molar-refractivity contribution in [3.8, 4) is 0 Å². The largest absolute Gasteiger partial charge is 0.310 e. The lowest BCUT2D eigenvalue weighted by Gasteiger charge is -2.31. The highest BCUT2D eigenvalue weighted by Gasteiger charge is 2.25. The van der Waals surface area contributed by atoms with Crippen LogP contribution in [0.15, 0.2) is 30.3 Å². The van der Waals surface area contributed by atoms with E-state index in [1.165, 1.54) is 31.5 Å². The molecule has 2 rings (SSSR count). The molecular formula is C17H28N2. The lowest BCUT2D eigenvalue weighted by molar-refractivity contribution is 0.206. The molecule has 19 heavy (non-hydrogen) atoms. The van der Waals surface area contributed by atoms with Crippen LogP contribution in [0, 0.1) is 5.92 Å². The molecule has 0 spiro atoms. The Morgan fingerprint density at radius 3 is 2.63 bits per heavy atom. The summed E-state index contributed by atoms with van der Waals surface area (Å²) >= 11 is 0. The molecule has 3 atom stereocenters. The average Bonchev–Trinajstić information content (AvgIpc) is 2.82. The van der Waals surface area contributed by atoms with Crippen LogP contribution in [0.3, 0.4) is 0 Å². The third-order valence-corrected chi connectivity index (χ3v) is 4.36. The van der Waals surface area contributed by atoms with Gasteiger partial charge in [0.1, 0.15) is 0 Å². The van der Waals surface area contributed by atoms with Gasteiger partial charge in [0.2, 0.25) is 0 Å². The van der Waals surface area contributed by atoms with Crippen molar-refractivity contribution in [3.63, 3.8) is 0 Å². The van der Waals surface area contributed by atoms with Crippen LogP contribution in [0.4, 0.5) is 0 Å². The predicted molar refractivity (Wildman–Crippen MR) is 82.3 cm³/mol. The number of hydrogen-bond donors (Lipinski definition) is 1. The number of nitrogens with one attached hydrogen (secondary N) is 1. The standard InChI is InChI=1S/C17H28N2/c1-4-18-17(16-10-6-5-7-11-16)14(2)13-19-12-8-9-15(19)3/h5-7,10-11,14-15,17-18H,4,8-9,12-13H2,1-3H3. The molecule has 0 aliphatic carbocycles. The van der Waals surface area contributed by atoms with Crippen LogP contribution in [0.1, 0.15) is 45.2 Å².